The summed E-state index contributed by atoms with van der Waals surface area (Å²) in [5.74, 6) is 1.96. The fraction of sp³-hybridized carbons (Fsp3) is 0.320. The Hall–Kier alpha value is -3.12. The molecule has 1 aliphatic heterocycles. The average molecular weight is 453 g/mol. The van der Waals surface area contributed by atoms with Crippen LogP contribution in [0.4, 0.5) is 0 Å². The van der Waals surface area contributed by atoms with E-state index in [9.17, 15) is 9.59 Å². The molecule has 1 amide bonds. The monoisotopic (exact) mass is 452 g/mol. The van der Waals surface area contributed by atoms with Gasteiger partial charge in [0.15, 0.2) is 17.4 Å². The summed E-state index contributed by atoms with van der Waals surface area (Å²) in [6.07, 6.45) is 3.73. The molecule has 0 spiro atoms. The molecule has 7 heteroatoms. The van der Waals surface area contributed by atoms with Gasteiger partial charge in [-0.1, -0.05) is 23.7 Å². The van der Waals surface area contributed by atoms with Gasteiger partial charge in [0, 0.05) is 43.0 Å². The summed E-state index contributed by atoms with van der Waals surface area (Å²) < 4.78 is 10.9. The van der Waals surface area contributed by atoms with Crippen LogP contribution in [0.15, 0.2) is 59.1 Å². The molecular formula is C25H25ClN2O4. The lowest BCUT2D eigenvalue weighted by Gasteiger charge is -2.31. The predicted molar refractivity (Wildman–Crippen MR) is 122 cm³/mol. The Balaban J connectivity index is 1.27. The van der Waals surface area contributed by atoms with Gasteiger partial charge >= 0.3 is 0 Å². The molecule has 2 aromatic carbocycles. The number of rotatable bonds is 7. The van der Waals surface area contributed by atoms with Crippen molar-refractivity contribution >= 4 is 23.3 Å². The fourth-order valence-corrected chi connectivity index (χ4v) is 4.19. The normalized spacial score (nSPS) is 14.4. The summed E-state index contributed by atoms with van der Waals surface area (Å²) in [6.45, 7) is 1.17. The lowest BCUT2D eigenvalue weighted by molar-refractivity contribution is -0.132. The number of nitrogens with zero attached hydrogens (tertiary/aromatic N) is 2. The number of piperidine rings is 1. The topological polar surface area (TPSA) is 72.6 Å². The molecule has 6 nitrogen and oxygen atoms in total. The van der Waals surface area contributed by atoms with Crippen molar-refractivity contribution in [3.63, 3.8) is 0 Å². The molecule has 4 rings (SSSR count). The van der Waals surface area contributed by atoms with Crippen LogP contribution in [0.2, 0.25) is 5.02 Å². The number of aryl methyl sites for hydroxylation is 1. The number of hydrogen-bond acceptors (Lipinski definition) is 5. The summed E-state index contributed by atoms with van der Waals surface area (Å²) in [6, 6.07) is 14.6. The van der Waals surface area contributed by atoms with Crippen LogP contribution in [-0.4, -0.2) is 41.8 Å². The van der Waals surface area contributed by atoms with Gasteiger partial charge in [0.25, 0.3) is 0 Å². The minimum absolute atomic E-state index is 0.0536. The van der Waals surface area contributed by atoms with Crippen LogP contribution in [0.3, 0.4) is 0 Å². The Morgan fingerprint density at radius 1 is 1.12 bits per heavy atom. The van der Waals surface area contributed by atoms with Crippen LogP contribution in [0, 0.1) is 5.92 Å². The van der Waals surface area contributed by atoms with E-state index in [0.717, 1.165) is 11.3 Å². The number of halogens is 1. The van der Waals surface area contributed by atoms with Gasteiger partial charge in [-0.15, -0.1) is 0 Å². The number of likely N-dealkylation sites (tertiary alicyclic amines) is 1. The van der Waals surface area contributed by atoms with Gasteiger partial charge in [0.1, 0.15) is 5.75 Å². The van der Waals surface area contributed by atoms with Crippen molar-refractivity contribution < 1.29 is 18.7 Å². The second-order valence-electron chi connectivity index (χ2n) is 7.85. The maximum Gasteiger partial charge on any atom is 0.223 e. The quantitative estimate of drug-likeness (QED) is 0.468. The lowest BCUT2D eigenvalue weighted by atomic mass is 9.88. The van der Waals surface area contributed by atoms with Crippen molar-refractivity contribution in [3.05, 3.63) is 71.2 Å². The van der Waals surface area contributed by atoms with Crippen molar-refractivity contribution in [1.29, 1.82) is 0 Å². The molecule has 0 atom stereocenters. The minimum Gasteiger partial charge on any atom is -0.497 e. The molecule has 2 heterocycles. The Labute approximate surface area is 192 Å². The van der Waals surface area contributed by atoms with E-state index in [0.29, 0.717) is 61.0 Å². The van der Waals surface area contributed by atoms with Gasteiger partial charge in [-0.3, -0.25) is 9.59 Å². The van der Waals surface area contributed by atoms with E-state index in [-0.39, 0.29) is 17.6 Å². The van der Waals surface area contributed by atoms with Gasteiger partial charge in [-0.25, -0.2) is 4.98 Å². The van der Waals surface area contributed by atoms with Gasteiger partial charge in [0.05, 0.1) is 18.3 Å². The highest BCUT2D eigenvalue weighted by Crippen LogP contribution is 2.28. The molecule has 0 aliphatic carbocycles. The van der Waals surface area contributed by atoms with Crippen LogP contribution < -0.4 is 4.74 Å². The zero-order chi connectivity index (χ0) is 22.5. The highest BCUT2D eigenvalue weighted by Gasteiger charge is 2.28. The first-order valence-electron chi connectivity index (χ1n) is 10.7. The zero-order valence-electron chi connectivity index (χ0n) is 17.9. The first-order valence-corrected chi connectivity index (χ1v) is 11.1. The molecule has 1 aromatic heterocycles. The van der Waals surface area contributed by atoms with Crippen LogP contribution in [0.5, 0.6) is 5.75 Å². The fourth-order valence-electron chi connectivity index (χ4n) is 3.97. The van der Waals surface area contributed by atoms with E-state index in [1.165, 1.54) is 0 Å². The Morgan fingerprint density at radius 3 is 2.53 bits per heavy atom. The van der Waals surface area contributed by atoms with Gasteiger partial charge in [0.2, 0.25) is 5.91 Å². The van der Waals surface area contributed by atoms with Crippen molar-refractivity contribution in [2.45, 2.75) is 25.7 Å². The maximum absolute atomic E-state index is 12.8. The molecule has 0 radical (unpaired) electrons. The minimum atomic E-state index is -0.0580. The predicted octanol–water partition coefficient (Wildman–Crippen LogP) is 5.06. The number of ether oxygens (including phenoxy) is 1. The zero-order valence-corrected chi connectivity index (χ0v) is 18.7. The molecule has 0 unspecified atom stereocenters. The third kappa shape index (κ3) is 5.02. The Kier molecular flexibility index (Phi) is 6.90. The van der Waals surface area contributed by atoms with E-state index >= 15 is 0 Å². The largest absolute Gasteiger partial charge is 0.497 e. The second kappa shape index (κ2) is 10.0. The Bertz CT molecular complexity index is 1090. The van der Waals surface area contributed by atoms with E-state index in [1.807, 2.05) is 23.1 Å². The van der Waals surface area contributed by atoms with E-state index in [1.54, 1.807) is 43.6 Å². The number of ketones is 1. The molecule has 1 fully saturated rings. The van der Waals surface area contributed by atoms with Gasteiger partial charge in [-0.2, -0.15) is 0 Å². The third-order valence-corrected chi connectivity index (χ3v) is 6.17. The number of amides is 1. The highest BCUT2D eigenvalue weighted by molar-refractivity contribution is 6.33. The first kappa shape index (κ1) is 22.1. The molecule has 0 N–H and O–H groups in total. The summed E-state index contributed by atoms with van der Waals surface area (Å²) in [4.78, 5) is 31.5. The van der Waals surface area contributed by atoms with E-state index in [4.69, 9.17) is 20.8 Å². The highest BCUT2D eigenvalue weighted by atomic mass is 35.5. The SMILES string of the molecule is COc1ccc(C(=O)C2CCN(C(=O)CCc3ncc(-c4ccccc4Cl)o3)CC2)cc1. The smallest absolute Gasteiger partial charge is 0.223 e. The van der Waals surface area contributed by atoms with Crippen molar-refractivity contribution in [1.82, 2.24) is 9.88 Å². The average Bonchev–Trinajstić information content (AvgIpc) is 3.31. The van der Waals surface area contributed by atoms with Crippen LogP contribution in [0.1, 0.15) is 35.5 Å². The molecule has 166 valence electrons. The molecule has 0 bridgehead atoms. The molecule has 1 saturated heterocycles. The van der Waals surface area contributed by atoms with Crippen LogP contribution >= 0.6 is 11.6 Å². The Morgan fingerprint density at radius 2 is 1.84 bits per heavy atom. The number of benzene rings is 2. The number of carbonyl (C=O) groups is 2. The van der Waals surface area contributed by atoms with Crippen molar-refractivity contribution in [2.75, 3.05) is 20.2 Å². The number of oxazole rings is 1. The molecule has 3 aromatic rings. The lowest BCUT2D eigenvalue weighted by Crippen LogP contribution is -2.40. The van der Waals surface area contributed by atoms with Crippen LogP contribution in [0.25, 0.3) is 11.3 Å². The summed E-state index contributed by atoms with van der Waals surface area (Å²) in [7, 11) is 1.60. The molecule has 32 heavy (non-hydrogen) atoms. The van der Waals surface area contributed by atoms with E-state index < -0.39 is 0 Å². The van der Waals surface area contributed by atoms with Gasteiger partial charge in [-0.05, 0) is 49.2 Å². The molecule has 0 saturated carbocycles. The molecular weight excluding hydrogens is 428 g/mol. The first-order chi connectivity index (χ1) is 15.5. The standard InChI is InChI=1S/C25H25ClN2O4/c1-31-19-8-6-17(7-9-19)25(30)18-12-14-28(15-13-18)24(29)11-10-23-27-16-22(32-23)20-4-2-3-5-21(20)26/h2-9,16,18H,10-15H2,1H3. The third-order valence-electron chi connectivity index (χ3n) is 5.84. The maximum atomic E-state index is 12.8. The summed E-state index contributed by atoms with van der Waals surface area (Å²) >= 11 is 6.21. The summed E-state index contributed by atoms with van der Waals surface area (Å²) in [5.41, 5.74) is 1.47. The van der Waals surface area contributed by atoms with Crippen LogP contribution in [-0.2, 0) is 11.2 Å². The molecule has 1 aliphatic rings. The number of Topliss-reactive ketones (excluding diaryl/α,β-unsaturated/α-hetero) is 1. The van der Waals surface area contributed by atoms with Crippen molar-refractivity contribution in [2.24, 2.45) is 5.92 Å². The number of methoxy groups -OCH3 is 1. The number of aromatic nitrogens is 1. The number of hydrogen-bond donors (Lipinski definition) is 0. The van der Waals surface area contributed by atoms with E-state index in [2.05, 4.69) is 4.98 Å². The number of carbonyl (C=O) groups excluding carboxylic acids is 2. The van der Waals surface area contributed by atoms with Crippen molar-refractivity contribution in [3.8, 4) is 17.1 Å². The summed E-state index contributed by atoms with van der Waals surface area (Å²) in [5, 5.41) is 0.596. The second-order valence-corrected chi connectivity index (χ2v) is 8.25. The van der Waals surface area contributed by atoms with Gasteiger partial charge < -0.3 is 14.1 Å².